The van der Waals surface area contributed by atoms with Crippen molar-refractivity contribution in [2.45, 2.75) is 0 Å². The molecule has 1 aliphatic rings. The lowest BCUT2D eigenvalue weighted by Gasteiger charge is -2.37. The third-order valence-corrected chi connectivity index (χ3v) is 6.56. The Morgan fingerprint density at radius 3 is 2.27 bits per heavy atom. The topological polar surface area (TPSA) is 44.8 Å². The Balaban J connectivity index is 1.46. The minimum absolute atomic E-state index is 0.368. The minimum Gasteiger partial charge on any atom is -0.465 e. The molecule has 0 aliphatic carbocycles. The molecule has 1 saturated heterocycles. The number of nitrogens with zero attached hydrogens (tertiary/aromatic N) is 2. The summed E-state index contributed by atoms with van der Waals surface area (Å²) in [5.41, 5.74) is 2.80. The van der Waals surface area contributed by atoms with Crippen molar-refractivity contribution < 1.29 is 9.53 Å². The van der Waals surface area contributed by atoms with Gasteiger partial charge in [-0.1, -0.05) is 48.5 Å². The van der Waals surface area contributed by atoms with Gasteiger partial charge in [-0.2, -0.15) is 0 Å². The number of anilines is 2. The highest BCUT2D eigenvalue weighted by atomic mass is 32.1. The number of methoxy groups -OCH3 is 1. The van der Waals surface area contributed by atoms with Crippen LogP contribution in [0.4, 0.5) is 10.7 Å². The summed E-state index contributed by atoms with van der Waals surface area (Å²) in [5.74, 6) is -0.368. The van der Waals surface area contributed by atoms with Gasteiger partial charge in [0.25, 0.3) is 0 Å². The molecule has 1 fully saturated rings. The second-order valence-corrected chi connectivity index (χ2v) is 8.39. The number of nitrogens with one attached hydrogen (secondary N) is 1. The molecule has 0 bridgehead atoms. The first-order valence-electron chi connectivity index (χ1n) is 9.79. The fourth-order valence-electron chi connectivity index (χ4n) is 3.47. The molecule has 30 heavy (non-hydrogen) atoms. The molecule has 0 spiro atoms. The number of ether oxygens (including phenoxy) is 1. The van der Waals surface area contributed by atoms with Crippen LogP contribution in [-0.2, 0) is 4.74 Å². The number of esters is 1. The van der Waals surface area contributed by atoms with Crippen LogP contribution in [0.1, 0.15) is 10.4 Å². The van der Waals surface area contributed by atoms with Gasteiger partial charge in [-0.3, -0.25) is 0 Å². The zero-order chi connectivity index (χ0) is 20.9. The molecule has 4 rings (SSSR count). The molecule has 5 nitrogen and oxygen atoms in total. The first kappa shape index (κ1) is 20.4. The van der Waals surface area contributed by atoms with Gasteiger partial charge in [0.1, 0.15) is 5.00 Å². The molecule has 0 unspecified atom stereocenters. The average molecular weight is 438 g/mol. The molecule has 1 aromatic heterocycles. The van der Waals surface area contributed by atoms with E-state index in [0.29, 0.717) is 10.7 Å². The Morgan fingerprint density at radius 2 is 1.63 bits per heavy atom. The van der Waals surface area contributed by atoms with Gasteiger partial charge in [-0.05, 0) is 36.0 Å². The summed E-state index contributed by atoms with van der Waals surface area (Å²) < 4.78 is 4.98. The van der Waals surface area contributed by atoms with Crippen molar-refractivity contribution in [1.82, 2.24) is 4.90 Å². The van der Waals surface area contributed by atoms with Crippen LogP contribution in [0.15, 0.2) is 66.7 Å². The molecule has 2 aromatic carbocycles. The van der Waals surface area contributed by atoms with Crippen LogP contribution in [0, 0.1) is 0 Å². The highest BCUT2D eigenvalue weighted by molar-refractivity contribution is 7.80. The first-order chi connectivity index (χ1) is 14.7. The van der Waals surface area contributed by atoms with E-state index in [4.69, 9.17) is 17.0 Å². The van der Waals surface area contributed by atoms with Crippen LogP contribution in [0.5, 0.6) is 0 Å². The highest BCUT2D eigenvalue weighted by Crippen LogP contribution is 2.36. The molecular weight excluding hydrogens is 414 g/mol. The Labute approximate surface area is 185 Å². The van der Waals surface area contributed by atoms with E-state index in [9.17, 15) is 4.79 Å². The zero-order valence-electron chi connectivity index (χ0n) is 16.7. The van der Waals surface area contributed by atoms with E-state index in [0.717, 1.165) is 41.6 Å². The van der Waals surface area contributed by atoms with Crippen molar-refractivity contribution in [3.63, 3.8) is 0 Å². The SMILES string of the molecule is COC(=O)c1cc(-c2ccccc2)sc1NC(=S)N1CCN(c2ccccc2)CC1. The molecule has 0 amide bonds. The molecule has 3 aromatic rings. The molecule has 0 atom stereocenters. The zero-order valence-corrected chi connectivity index (χ0v) is 18.3. The van der Waals surface area contributed by atoms with Crippen LogP contribution in [0.25, 0.3) is 10.4 Å². The lowest BCUT2D eigenvalue weighted by molar-refractivity contribution is 0.0602. The highest BCUT2D eigenvalue weighted by Gasteiger charge is 2.23. The number of rotatable bonds is 4. The molecule has 0 radical (unpaired) electrons. The number of thiophene rings is 1. The Kier molecular flexibility index (Phi) is 6.30. The van der Waals surface area contributed by atoms with Gasteiger partial charge in [-0.25, -0.2) is 4.79 Å². The normalized spacial score (nSPS) is 13.8. The first-order valence-corrected chi connectivity index (χ1v) is 11.0. The monoisotopic (exact) mass is 437 g/mol. The van der Waals surface area contributed by atoms with Gasteiger partial charge in [0.2, 0.25) is 0 Å². The smallest absolute Gasteiger partial charge is 0.340 e. The number of piperazine rings is 1. The Morgan fingerprint density at radius 1 is 1.00 bits per heavy atom. The molecule has 1 aliphatic heterocycles. The standard InChI is InChI=1S/C23H23N3O2S2/c1-28-22(27)19-16-20(17-8-4-2-5-9-17)30-21(19)24-23(29)26-14-12-25(13-15-26)18-10-6-3-7-11-18/h2-11,16H,12-15H2,1H3,(H,24,29). The van der Waals surface area contributed by atoms with Gasteiger partial charge >= 0.3 is 5.97 Å². The van der Waals surface area contributed by atoms with Crippen molar-refractivity contribution in [2.75, 3.05) is 43.5 Å². The second-order valence-electron chi connectivity index (χ2n) is 6.95. The number of benzene rings is 2. The number of carbonyl (C=O) groups is 1. The summed E-state index contributed by atoms with van der Waals surface area (Å²) in [6, 6.07) is 22.3. The van der Waals surface area contributed by atoms with Crippen molar-refractivity contribution >= 4 is 45.3 Å². The fourth-order valence-corrected chi connectivity index (χ4v) is 4.87. The second kappa shape index (κ2) is 9.28. The van der Waals surface area contributed by atoms with E-state index in [-0.39, 0.29) is 5.97 Å². The average Bonchev–Trinajstić information content (AvgIpc) is 3.23. The van der Waals surface area contributed by atoms with Crippen LogP contribution in [0.3, 0.4) is 0 Å². The molecular formula is C23H23N3O2S2. The number of para-hydroxylation sites is 1. The van der Waals surface area contributed by atoms with Gasteiger partial charge in [0.15, 0.2) is 5.11 Å². The van der Waals surface area contributed by atoms with Crippen molar-refractivity contribution in [2.24, 2.45) is 0 Å². The molecule has 2 heterocycles. The van der Waals surface area contributed by atoms with E-state index in [1.54, 1.807) is 0 Å². The summed E-state index contributed by atoms with van der Waals surface area (Å²) >= 11 is 7.18. The lowest BCUT2D eigenvalue weighted by Crippen LogP contribution is -2.50. The quantitative estimate of drug-likeness (QED) is 0.471. The van der Waals surface area contributed by atoms with Gasteiger partial charge in [-0.15, -0.1) is 11.3 Å². The minimum atomic E-state index is -0.368. The van der Waals surface area contributed by atoms with E-state index in [1.807, 2.05) is 42.5 Å². The van der Waals surface area contributed by atoms with Gasteiger partial charge < -0.3 is 19.9 Å². The van der Waals surface area contributed by atoms with E-state index < -0.39 is 0 Å². The Hall–Kier alpha value is -2.90. The molecule has 1 N–H and O–H groups in total. The maximum absolute atomic E-state index is 12.3. The predicted molar refractivity (Wildman–Crippen MR) is 128 cm³/mol. The van der Waals surface area contributed by atoms with Crippen LogP contribution in [-0.4, -0.2) is 49.3 Å². The van der Waals surface area contributed by atoms with E-state index in [2.05, 4.69) is 39.4 Å². The van der Waals surface area contributed by atoms with Crippen molar-refractivity contribution in [3.05, 3.63) is 72.3 Å². The third-order valence-electron chi connectivity index (χ3n) is 5.10. The van der Waals surface area contributed by atoms with Crippen molar-refractivity contribution in [3.8, 4) is 10.4 Å². The van der Waals surface area contributed by atoms with Crippen LogP contribution < -0.4 is 10.2 Å². The third kappa shape index (κ3) is 4.47. The molecule has 7 heteroatoms. The lowest BCUT2D eigenvalue weighted by atomic mass is 10.1. The molecule has 154 valence electrons. The largest absolute Gasteiger partial charge is 0.465 e. The number of hydrogen-bond donors (Lipinski definition) is 1. The van der Waals surface area contributed by atoms with Gasteiger partial charge in [0.05, 0.1) is 12.7 Å². The Bertz CT molecular complexity index is 1010. The number of hydrogen-bond acceptors (Lipinski definition) is 5. The number of thiocarbonyl (C=S) groups is 1. The van der Waals surface area contributed by atoms with E-state index in [1.165, 1.54) is 24.1 Å². The summed E-state index contributed by atoms with van der Waals surface area (Å²) in [6.45, 7) is 3.45. The van der Waals surface area contributed by atoms with Crippen molar-refractivity contribution in [1.29, 1.82) is 0 Å². The molecule has 0 saturated carbocycles. The van der Waals surface area contributed by atoms with Crippen LogP contribution in [0.2, 0.25) is 0 Å². The summed E-state index contributed by atoms with van der Waals surface area (Å²) in [5, 5.41) is 4.65. The van der Waals surface area contributed by atoms with Crippen LogP contribution >= 0.6 is 23.6 Å². The summed E-state index contributed by atoms with van der Waals surface area (Å²) in [7, 11) is 1.40. The predicted octanol–water partition coefficient (Wildman–Crippen LogP) is 4.72. The van der Waals surface area contributed by atoms with E-state index >= 15 is 0 Å². The maximum Gasteiger partial charge on any atom is 0.340 e. The number of carbonyl (C=O) groups excluding carboxylic acids is 1. The summed E-state index contributed by atoms with van der Waals surface area (Å²) in [4.78, 5) is 17.8. The fraction of sp³-hybridized carbons (Fsp3) is 0.217. The van der Waals surface area contributed by atoms with Gasteiger partial charge in [0, 0.05) is 36.7 Å². The maximum atomic E-state index is 12.3. The summed E-state index contributed by atoms with van der Waals surface area (Å²) in [6.07, 6.45) is 0.